The lowest BCUT2D eigenvalue weighted by molar-refractivity contribution is 0.0935. The minimum Gasteiger partial charge on any atom is -0.491 e. The molecule has 10 heteroatoms. The molecule has 1 unspecified atom stereocenters. The second-order valence-electron chi connectivity index (χ2n) is 8.40. The van der Waals surface area contributed by atoms with Crippen LogP contribution in [0.25, 0.3) is 11.2 Å². The van der Waals surface area contributed by atoms with Gasteiger partial charge in [-0.25, -0.2) is 4.79 Å². The Kier molecular flexibility index (Phi) is 6.85. The minimum absolute atomic E-state index is 0.0690. The Balaban J connectivity index is 1.62. The highest BCUT2D eigenvalue weighted by Crippen LogP contribution is 2.22. The second-order valence-corrected chi connectivity index (χ2v) is 8.40. The number of fused-ring (bicyclic) bond motifs is 1. The smallest absolute Gasteiger partial charge is 0.329 e. The minimum atomic E-state index is -0.875. The van der Waals surface area contributed by atoms with Crippen LogP contribution in [0.4, 0.5) is 5.95 Å². The zero-order valence-electron chi connectivity index (χ0n) is 19.5. The molecular weight excluding hydrogens is 424 g/mol. The van der Waals surface area contributed by atoms with E-state index in [0.717, 1.165) is 44.7 Å². The van der Waals surface area contributed by atoms with Crippen LogP contribution < -0.4 is 20.9 Å². The Hall–Kier alpha value is -3.11. The molecule has 0 radical (unpaired) electrons. The van der Waals surface area contributed by atoms with E-state index in [2.05, 4.69) is 33.6 Å². The molecule has 0 bridgehead atoms. The highest BCUT2D eigenvalue weighted by Gasteiger charge is 2.25. The molecule has 33 heavy (non-hydrogen) atoms. The van der Waals surface area contributed by atoms with E-state index in [1.54, 1.807) is 11.6 Å². The highest BCUT2D eigenvalue weighted by molar-refractivity contribution is 5.74. The fourth-order valence-corrected chi connectivity index (χ4v) is 4.21. The molecule has 3 aromatic rings. The number of rotatable bonds is 8. The zero-order chi connectivity index (χ0) is 23.5. The van der Waals surface area contributed by atoms with Crippen LogP contribution in [0.1, 0.15) is 19.4 Å². The Bertz CT molecular complexity index is 1220. The van der Waals surface area contributed by atoms with Crippen LogP contribution in [0.5, 0.6) is 5.75 Å². The number of hydrogen-bond acceptors (Lipinski definition) is 7. The first-order valence-electron chi connectivity index (χ1n) is 11.5. The third-order valence-electron chi connectivity index (χ3n) is 6.23. The number of imidazole rings is 1. The van der Waals surface area contributed by atoms with Gasteiger partial charge in [0.2, 0.25) is 5.95 Å². The lowest BCUT2D eigenvalue weighted by Gasteiger charge is -2.35. The molecule has 1 fully saturated rings. The Morgan fingerprint density at radius 3 is 2.64 bits per heavy atom. The summed E-state index contributed by atoms with van der Waals surface area (Å²) in [7, 11) is 1.58. The van der Waals surface area contributed by atoms with E-state index in [9.17, 15) is 14.7 Å². The third kappa shape index (κ3) is 4.81. The molecule has 3 heterocycles. The second kappa shape index (κ2) is 9.80. The summed E-state index contributed by atoms with van der Waals surface area (Å²) in [5, 5.41) is 10.8. The van der Waals surface area contributed by atoms with E-state index >= 15 is 0 Å². The number of aromatic nitrogens is 4. The van der Waals surface area contributed by atoms with E-state index in [1.165, 1.54) is 4.57 Å². The molecule has 1 saturated heterocycles. The number of piperazine rings is 1. The Labute approximate surface area is 192 Å². The Morgan fingerprint density at radius 2 is 1.94 bits per heavy atom. The van der Waals surface area contributed by atoms with E-state index in [-0.39, 0.29) is 18.7 Å². The monoisotopic (exact) mass is 456 g/mol. The molecule has 2 N–H and O–H groups in total. The van der Waals surface area contributed by atoms with Crippen LogP contribution in [-0.4, -0.2) is 74.5 Å². The number of benzene rings is 1. The predicted octanol–water partition coefficient (Wildman–Crippen LogP) is 0.568. The van der Waals surface area contributed by atoms with Gasteiger partial charge in [0.05, 0.1) is 6.54 Å². The van der Waals surface area contributed by atoms with Crippen LogP contribution in [0.2, 0.25) is 0 Å². The van der Waals surface area contributed by atoms with Gasteiger partial charge in [-0.3, -0.25) is 14.3 Å². The van der Waals surface area contributed by atoms with Crippen LogP contribution in [0, 0.1) is 0 Å². The number of aryl methyl sites for hydroxylation is 2. The first-order valence-corrected chi connectivity index (χ1v) is 11.5. The molecule has 1 atom stereocenters. The van der Waals surface area contributed by atoms with Crippen molar-refractivity contribution in [1.82, 2.24) is 24.0 Å². The van der Waals surface area contributed by atoms with Gasteiger partial charge >= 0.3 is 5.69 Å². The third-order valence-corrected chi connectivity index (χ3v) is 6.23. The summed E-state index contributed by atoms with van der Waals surface area (Å²) in [6.45, 7) is 8.64. The summed E-state index contributed by atoms with van der Waals surface area (Å²) < 4.78 is 8.86. The predicted molar refractivity (Wildman–Crippen MR) is 127 cm³/mol. The van der Waals surface area contributed by atoms with Crippen molar-refractivity contribution in [3.63, 3.8) is 0 Å². The van der Waals surface area contributed by atoms with Crippen LogP contribution in [-0.2, 0) is 20.0 Å². The van der Waals surface area contributed by atoms with Crippen molar-refractivity contribution in [2.45, 2.75) is 32.9 Å². The molecule has 0 amide bonds. The summed E-state index contributed by atoms with van der Waals surface area (Å²) in [6.07, 6.45) is 0.0247. The quantitative estimate of drug-likeness (QED) is 0.510. The van der Waals surface area contributed by atoms with E-state index in [4.69, 9.17) is 4.74 Å². The van der Waals surface area contributed by atoms with Crippen LogP contribution >= 0.6 is 0 Å². The molecule has 10 nitrogen and oxygen atoms in total. The van der Waals surface area contributed by atoms with Crippen LogP contribution in [0.3, 0.4) is 0 Å². The molecule has 0 saturated carbocycles. The van der Waals surface area contributed by atoms with Gasteiger partial charge in [-0.15, -0.1) is 0 Å². The highest BCUT2D eigenvalue weighted by atomic mass is 16.5. The summed E-state index contributed by atoms with van der Waals surface area (Å²) >= 11 is 0. The molecule has 178 valence electrons. The maximum absolute atomic E-state index is 12.7. The molecule has 0 spiro atoms. The topological polar surface area (TPSA) is 109 Å². The van der Waals surface area contributed by atoms with Gasteiger partial charge in [-0.2, -0.15) is 4.98 Å². The molecule has 2 aromatic heterocycles. The van der Waals surface area contributed by atoms with E-state index in [0.29, 0.717) is 17.3 Å². The van der Waals surface area contributed by atoms with Crippen molar-refractivity contribution in [2.24, 2.45) is 7.05 Å². The first-order chi connectivity index (χ1) is 15.9. The largest absolute Gasteiger partial charge is 0.491 e. The maximum Gasteiger partial charge on any atom is 0.329 e. The van der Waals surface area contributed by atoms with Crippen LogP contribution in [0.15, 0.2) is 33.9 Å². The number of likely N-dealkylation sites (N-methyl/N-ethyl adjacent to an activating group) is 1. The fourth-order valence-electron chi connectivity index (χ4n) is 4.21. The summed E-state index contributed by atoms with van der Waals surface area (Å²) in [6, 6.07) is 7.77. The fraction of sp³-hybridized carbons (Fsp3) is 0.522. The molecule has 4 rings (SSSR count). The van der Waals surface area contributed by atoms with Gasteiger partial charge < -0.3 is 24.2 Å². The van der Waals surface area contributed by atoms with Gasteiger partial charge in [0.25, 0.3) is 5.56 Å². The van der Waals surface area contributed by atoms with E-state index < -0.39 is 17.4 Å². The molecular formula is C23H32N6O4. The van der Waals surface area contributed by atoms with Crippen molar-refractivity contribution in [3.8, 4) is 5.75 Å². The average Bonchev–Trinajstić information content (AvgIpc) is 3.21. The summed E-state index contributed by atoms with van der Waals surface area (Å²) in [4.78, 5) is 36.3. The number of aromatic amines is 1. The molecule has 1 aliphatic rings. The zero-order valence-corrected chi connectivity index (χ0v) is 19.5. The van der Waals surface area contributed by atoms with Crippen molar-refractivity contribution >= 4 is 17.1 Å². The number of aliphatic hydroxyl groups excluding tert-OH is 1. The SMILES string of the molecule is CCc1cccc(OCC(O)Cn2c(N3CCN(CC)CC3)nc3c2c(=O)[nH]c(=O)n3C)c1. The molecule has 0 aliphatic carbocycles. The normalized spacial score (nSPS) is 15.8. The van der Waals surface area contributed by atoms with Gasteiger partial charge in [0.1, 0.15) is 18.5 Å². The van der Waals surface area contributed by atoms with Crippen molar-refractivity contribution in [1.29, 1.82) is 0 Å². The number of ether oxygens (including phenoxy) is 1. The lowest BCUT2D eigenvalue weighted by atomic mass is 10.2. The molecule has 1 aliphatic heterocycles. The van der Waals surface area contributed by atoms with Gasteiger partial charge in [0, 0.05) is 33.2 Å². The average molecular weight is 457 g/mol. The van der Waals surface area contributed by atoms with Gasteiger partial charge in [-0.05, 0) is 30.7 Å². The number of nitrogens with zero attached hydrogens (tertiary/aromatic N) is 5. The lowest BCUT2D eigenvalue weighted by Crippen LogP contribution is -2.47. The number of hydrogen-bond donors (Lipinski definition) is 2. The maximum atomic E-state index is 12.7. The molecule has 1 aromatic carbocycles. The number of H-pyrrole nitrogens is 1. The standard InChI is InChI=1S/C23H32N6O4/c1-4-16-7-6-8-18(13-16)33-15-17(30)14-29-19-20(26(3)23(32)25-21(19)31)24-22(29)28-11-9-27(5-2)10-12-28/h6-8,13,17,30H,4-5,9-12,14-15H2,1-3H3,(H,25,31,32). The first kappa shape index (κ1) is 23.1. The summed E-state index contributed by atoms with van der Waals surface area (Å²) in [5.74, 6) is 1.28. The van der Waals surface area contributed by atoms with Gasteiger partial charge in [0.15, 0.2) is 11.2 Å². The van der Waals surface area contributed by atoms with Crippen molar-refractivity contribution < 1.29 is 9.84 Å². The van der Waals surface area contributed by atoms with Crippen molar-refractivity contribution in [2.75, 3.05) is 44.2 Å². The number of nitrogens with one attached hydrogen (secondary N) is 1. The Morgan fingerprint density at radius 1 is 1.18 bits per heavy atom. The van der Waals surface area contributed by atoms with E-state index in [1.807, 2.05) is 24.3 Å². The van der Waals surface area contributed by atoms with Crippen molar-refractivity contribution in [3.05, 3.63) is 50.7 Å². The van der Waals surface area contributed by atoms with Gasteiger partial charge in [-0.1, -0.05) is 26.0 Å². The number of anilines is 1. The summed E-state index contributed by atoms with van der Waals surface area (Å²) in [5.41, 5.74) is 0.711. The number of aliphatic hydroxyl groups is 1.